The normalized spacial score (nSPS) is 42.2. The monoisotopic (exact) mass is 315 g/mol. The van der Waals surface area contributed by atoms with Crippen LogP contribution in [-0.4, -0.2) is 44.4 Å². The van der Waals surface area contributed by atoms with Crippen molar-refractivity contribution in [1.29, 1.82) is 0 Å². The number of rotatable bonds is 5. The lowest BCUT2D eigenvalue weighted by Gasteiger charge is -2.36. The quantitative estimate of drug-likeness (QED) is 0.456. The highest BCUT2D eigenvalue weighted by Gasteiger charge is 2.69. The molecule has 6 nitrogen and oxygen atoms in total. The van der Waals surface area contributed by atoms with E-state index in [2.05, 4.69) is 11.9 Å². The molecule has 2 aliphatic carbocycles. The molecule has 118 valence electrons. The summed E-state index contributed by atoms with van der Waals surface area (Å²) in [5.41, 5.74) is -0.118. The van der Waals surface area contributed by atoms with Gasteiger partial charge in [0.05, 0.1) is 17.5 Å². The molecule has 2 bridgehead atoms. The third kappa shape index (κ3) is 2.22. The fraction of sp³-hybridized carbons (Fsp3) is 0.786. The maximum absolute atomic E-state index is 11.9. The van der Waals surface area contributed by atoms with Crippen molar-refractivity contribution in [3.63, 3.8) is 0 Å². The Kier molecular flexibility index (Phi) is 3.42. The van der Waals surface area contributed by atoms with Crippen molar-refractivity contribution in [1.82, 2.24) is 5.32 Å². The molecular weight excluding hydrogens is 294 g/mol. The molecule has 5 unspecified atom stereocenters. The van der Waals surface area contributed by atoms with Crippen LogP contribution in [0.15, 0.2) is 12.2 Å². The van der Waals surface area contributed by atoms with E-state index in [9.17, 15) is 13.2 Å². The van der Waals surface area contributed by atoms with Crippen LogP contribution in [0, 0.1) is 11.8 Å². The van der Waals surface area contributed by atoms with Crippen LogP contribution in [0.2, 0.25) is 0 Å². The first-order chi connectivity index (χ1) is 9.75. The van der Waals surface area contributed by atoms with Crippen LogP contribution in [0.1, 0.15) is 26.7 Å². The van der Waals surface area contributed by atoms with Crippen LogP contribution in [0.4, 0.5) is 0 Å². The van der Waals surface area contributed by atoms with E-state index in [0.29, 0.717) is 25.1 Å². The van der Waals surface area contributed by atoms with Crippen molar-refractivity contribution in [3.8, 4) is 0 Å². The lowest BCUT2D eigenvalue weighted by Crippen LogP contribution is -2.48. The molecule has 1 aliphatic heterocycles. The molecule has 0 spiro atoms. The first-order valence-corrected chi connectivity index (χ1v) is 8.72. The summed E-state index contributed by atoms with van der Waals surface area (Å²) in [6.45, 7) is 7.85. The zero-order valence-corrected chi connectivity index (χ0v) is 13.1. The predicted octanol–water partition coefficient (Wildman–Crippen LogP) is 0.591. The maximum atomic E-state index is 11.9. The summed E-state index contributed by atoms with van der Waals surface area (Å²) in [7, 11) is -3.42. The van der Waals surface area contributed by atoms with Crippen molar-refractivity contribution < 1.29 is 22.1 Å². The van der Waals surface area contributed by atoms with Gasteiger partial charge in [-0.25, -0.2) is 0 Å². The van der Waals surface area contributed by atoms with Gasteiger partial charge in [0.1, 0.15) is 6.10 Å². The van der Waals surface area contributed by atoms with Crippen LogP contribution >= 0.6 is 0 Å². The fourth-order valence-electron chi connectivity index (χ4n) is 3.98. The molecule has 3 fully saturated rings. The van der Waals surface area contributed by atoms with Gasteiger partial charge in [-0.3, -0.25) is 8.98 Å². The minimum absolute atomic E-state index is 0.0648. The van der Waals surface area contributed by atoms with E-state index in [0.717, 1.165) is 6.42 Å². The molecule has 3 aliphatic rings. The number of ether oxygens (including phenoxy) is 1. The molecule has 7 heteroatoms. The van der Waals surface area contributed by atoms with Gasteiger partial charge >= 0.3 is 0 Å². The summed E-state index contributed by atoms with van der Waals surface area (Å²) in [6, 6.07) is 0. The molecule has 1 heterocycles. The molecule has 2 saturated carbocycles. The molecule has 3 rings (SSSR count). The number of fused-ring (bicyclic) bond motifs is 1. The van der Waals surface area contributed by atoms with Crippen molar-refractivity contribution >= 4 is 16.0 Å². The number of hydrogen-bond donors (Lipinski definition) is 1. The highest BCUT2D eigenvalue weighted by atomic mass is 32.2. The van der Waals surface area contributed by atoms with Crippen molar-refractivity contribution in [3.05, 3.63) is 12.2 Å². The molecule has 0 aromatic carbocycles. The van der Waals surface area contributed by atoms with Gasteiger partial charge < -0.3 is 10.1 Å². The lowest BCUT2D eigenvalue weighted by atomic mass is 9.83. The highest BCUT2D eigenvalue weighted by Crippen LogP contribution is 2.60. The number of amides is 1. The Hall–Kier alpha value is -0.920. The molecule has 0 radical (unpaired) electrons. The molecule has 1 N–H and O–H groups in total. The van der Waals surface area contributed by atoms with Crippen molar-refractivity contribution in [2.24, 2.45) is 11.8 Å². The second-order valence-corrected chi connectivity index (χ2v) is 8.23. The van der Waals surface area contributed by atoms with E-state index in [4.69, 9.17) is 8.92 Å². The summed E-state index contributed by atoms with van der Waals surface area (Å²) >= 11 is 0. The van der Waals surface area contributed by atoms with E-state index >= 15 is 0 Å². The van der Waals surface area contributed by atoms with Gasteiger partial charge in [-0.1, -0.05) is 6.58 Å². The SMILES string of the molecule is C=C(C)C(=O)NCCOC1(C)C2CC3C1OS(=O)(=O)C3C2. The van der Waals surface area contributed by atoms with Gasteiger partial charge in [-0.05, 0) is 32.6 Å². The van der Waals surface area contributed by atoms with Gasteiger partial charge in [0.15, 0.2) is 0 Å². The van der Waals surface area contributed by atoms with Gasteiger partial charge in [0.25, 0.3) is 10.1 Å². The molecule has 0 aromatic rings. The summed E-state index contributed by atoms with van der Waals surface area (Å²) in [5.74, 6) is 0.0816. The van der Waals surface area contributed by atoms with Crippen molar-refractivity contribution in [2.45, 2.75) is 43.6 Å². The average molecular weight is 315 g/mol. The predicted molar refractivity (Wildman–Crippen MR) is 76.0 cm³/mol. The molecule has 21 heavy (non-hydrogen) atoms. The third-order valence-electron chi connectivity index (χ3n) is 5.11. The first-order valence-electron chi connectivity index (χ1n) is 7.25. The molecule has 5 atom stereocenters. The van der Waals surface area contributed by atoms with Gasteiger partial charge in [-0.15, -0.1) is 0 Å². The number of nitrogens with one attached hydrogen (secondary N) is 1. The smallest absolute Gasteiger partial charge is 0.270 e. The standard InChI is InChI=1S/C14H21NO5S/c1-8(2)13(16)15-4-5-19-14(3)9-6-10-11(7-9)21(17,18)20-12(10)14/h9-12H,1,4-7H2,2-3H3,(H,15,16). The van der Waals surface area contributed by atoms with E-state index in [-0.39, 0.29) is 29.1 Å². The lowest BCUT2D eigenvalue weighted by molar-refractivity contribution is -0.123. The van der Waals surface area contributed by atoms with Gasteiger partial charge in [0, 0.05) is 18.0 Å². The van der Waals surface area contributed by atoms with E-state index in [1.54, 1.807) is 6.92 Å². The largest absolute Gasteiger partial charge is 0.370 e. The van der Waals surface area contributed by atoms with Gasteiger partial charge in [0.2, 0.25) is 5.91 Å². The van der Waals surface area contributed by atoms with E-state index in [1.165, 1.54) is 0 Å². The summed E-state index contributed by atoms with van der Waals surface area (Å²) in [5, 5.41) is 2.36. The summed E-state index contributed by atoms with van der Waals surface area (Å²) in [6.07, 6.45) is 1.10. The Morgan fingerprint density at radius 3 is 2.86 bits per heavy atom. The second-order valence-electron chi connectivity index (χ2n) is 6.45. The zero-order valence-electron chi connectivity index (χ0n) is 12.3. The minimum atomic E-state index is -3.42. The van der Waals surface area contributed by atoms with E-state index in [1.807, 2.05) is 6.92 Å². The van der Waals surface area contributed by atoms with Crippen molar-refractivity contribution in [2.75, 3.05) is 13.2 Å². The van der Waals surface area contributed by atoms with Gasteiger partial charge in [-0.2, -0.15) is 8.42 Å². The van der Waals surface area contributed by atoms with Crippen LogP contribution in [0.3, 0.4) is 0 Å². The Morgan fingerprint density at radius 1 is 1.48 bits per heavy atom. The summed E-state index contributed by atoms with van der Waals surface area (Å²) < 4.78 is 35.1. The number of carbonyl (C=O) groups is 1. The second kappa shape index (κ2) is 4.79. The average Bonchev–Trinajstić information content (AvgIpc) is 2.99. The Balaban J connectivity index is 1.60. The van der Waals surface area contributed by atoms with Crippen LogP contribution < -0.4 is 5.32 Å². The molecule has 1 saturated heterocycles. The third-order valence-corrected chi connectivity index (χ3v) is 6.87. The number of carbonyl (C=O) groups excluding carboxylic acids is 1. The minimum Gasteiger partial charge on any atom is -0.370 e. The highest BCUT2D eigenvalue weighted by molar-refractivity contribution is 7.87. The van der Waals surface area contributed by atoms with Crippen LogP contribution in [-0.2, 0) is 23.8 Å². The first kappa shape index (κ1) is 15.0. The van der Waals surface area contributed by atoms with E-state index < -0.39 is 15.7 Å². The van der Waals surface area contributed by atoms with Crippen LogP contribution in [0.25, 0.3) is 0 Å². The molecular formula is C14H21NO5S. The summed E-state index contributed by atoms with van der Waals surface area (Å²) in [4.78, 5) is 11.4. The Morgan fingerprint density at radius 2 is 2.19 bits per heavy atom. The topological polar surface area (TPSA) is 81.7 Å². The molecule has 1 amide bonds. The van der Waals surface area contributed by atoms with Crippen LogP contribution in [0.5, 0.6) is 0 Å². The fourth-order valence-corrected chi connectivity index (χ4v) is 5.89. The maximum Gasteiger partial charge on any atom is 0.270 e. The molecule has 0 aromatic heterocycles. The zero-order chi connectivity index (χ0) is 15.4. The number of hydrogen-bond acceptors (Lipinski definition) is 5. The Labute approximate surface area is 125 Å². The Bertz CT molecular complexity index is 586.